The number of nitrogens with one attached hydrogen (secondary N) is 1. The van der Waals surface area contributed by atoms with Crippen molar-refractivity contribution in [2.75, 3.05) is 6.61 Å². The number of ether oxygens (including phenoxy) is 3. The van der Waals surface area contributed by atoms with Gasteiger partial charge in [-0.15, -0.1) is 0 Å². The SMILES string of the molecule is Cc1[nH]cnc1[C@H](O)[C@H](OCc1ccccc1)[C@@H](C[C@@H](O)COCc1ccccc1)OCc1ccccc1. The van der Waals surface area contributed by atoms with E-state index in [9.17, 15) is 10.2 Å². The summed E-state index contributed by atoms with van der Waals surface area (Å²) >= 11 is 0. The van der Waals surface area contributed by atoms with E-state index in [0.717, 1.165) is 22.4 Å². The van der Waals surface area contributed by atoms with Gasteiger partial charge in [0.2, 0.25) is 0 Å². The van der Waals surface area contributed by atoms with E-state index in [4.69, 9.17) is 14.2 Å². The van der Waals surface area contributed by atoms with Crippen LogP contribution in [0.5, 0.6) is 0 Å². The Hall–Kier alpha value is -3.33. The first-order valence-corrected chi connectivity index (χ1v) is 12.9. The standard InChI is InChI=1S/C31H36N2O5/c1-23-29(33-22-32-23)30(35)31(38-20-26-15-9-4-10-16-26)28(37-19-25-13-7-3-8-14-25)17-27(34)21-36-18-24-11-5-2-6-12-24/h2-16,22,27-28,30-31,34-35H,17-21H2,1H3,(H,32,33)/t27-,28-,30+,31-/m1/s1. The van der Waals surface area contributed by atoms with E-state index in [1.54, 1.807) is 6.33 Å². The molecule has 4 aromatic rings. The van der Waals surface area contributed by atoms with Gasteiger partial charge in [-0.25, -0.2) is 4.98 Å². The van der Waals surface area contributed by atoms with Crippen LogP contribution in [-0.2, 0) is 34.0 Å². The van der Waals surface area contributed by atoms with Gasteiger partial charge in [0.25, 0.3) is 0 Å². The minimum atomic E-state index is -1.07. The molecular weight excluding hydrogens is 480 g/mol. The molecule has 0 unspecified atom stereocenters. The highest BCUT2D eigenvalue weighted by molar-refractivity contribution is 5.17. The first kappa shape index (κ1) is 27.7. The largest absolute Gasteiger partial charge is 0.391 e. The zero-order chi connectivity index (χ0) is 26.6. The lowest BCUT2D eigenvalue weighted by molar-refractivity contribution is -0.147. The van der Waals surface area contributed by atoms with Gasteiger partial charge in [0.15, 0.2) is 0 Å². The van der Waals surface area contributed by atoms with Crippen molar-refractivity contribution in [3.63, 3.8) is 0 Å². The Morgan fingerprint density at radius 3 is 1.79 bits per heavy atom. The number of aliphatic hydroxyl groups excluding tert-OH is 2. The quantitative estimate of drug-likeness (QED) is 0.208. The summed E-state index contributed by atoms with van der Waals surface area (Å²) in [5.74, 6) is 0. The maximum absolute atomic E-state index is 11.4. The summed E-state index contributed by atoms with van der Waals surface area (Å²) in [4.78, 5) is 7.35. The molecule has 4 atom stereocenters. The number of hydrogen-bond acceptors (Lipinski definition) is 6. The van der Waals surface area contributed by atoms with Gasteiger partial charge in [0, 0.05) is 12.1 Å². The van der Waals surface area contributed by atoms with Crippen molar-refractivity contribution < 1.29 is 24.4 Å². The maximum atomic E-state index is 11.4. The molecule has 7 heteroatoms. The van der Waals surface area contributed by atoms with Gasteiger partial charge < -0.3 is 29.4 Å². The summed E-state index contributed by atoms with van der Waals surface area (Å²) in [5.41, 5.74) is 4.23. The Morgan fingerprint density at radius 2 is 1.26 bits per heavy atom. The van der Waals surface area contributed by atoms with Crippen molar-refractivity contribution >= 4 is 0 Å². The van der Waals surface area contributed by atoms with Crippen LogP contribution in [-0.4, -0.2) is 45.1 Å². The number of aliphatic hydroxyl groups is 2. The van der Waals surface area contributed by atoms with Crippen molar-refractivity contribution in [2.24, 2.45) is 0 Å². The zero-order valence-electron chi connectivity index (χ0n) is 21.6. The fourth-order valence-corrected chi connectivity index (χ4v) is 4.29. The van der Waals surface area contributed by atoms with Crippen LogP contribution in [0.1, 0.15) is 40.6 Å². The van der Waals surface area contributed by atoms with E-state index in [-0.39, 0.29) is 19.6 Å². The number of aryl methyl sites for hydroxylation is 1. The van der Waals surface area contributed by atoms with Gasteiger partial charge >= 0.3 is 0 Å². The molecule has 3 N–H and O–H groups in total. The summed E-state index contributed by atoms with van der Waals surface area (Å²) in [6.07, 6.45) is -1.56. The molecule has 0 fully saturated rings. The Kier molecular flexibility index (Phi) is 10.6. The van der Waals surface area contributed by atoms with Crippen LogP contribution in [0.3, 0.4) is 0 Å². The number of rotatable bonds is 15. The van der Waals surface area contributed by atoms with Crippen LogP contribution < -0.4 is 0 Å². The molecule has 0 bridgehead atoms. The molecule has 0 saturated heterocycles. The highest BCUT2D eigenvalue weighted by atomic mass is 16.5. The van der Waals surface area contributed by atoms with Crippen molar-refractivity contribution in [3.05, 3.63) is 125 Å². The number of H-pyrrole nitrogens is 1. The second kappa shape index (κ2) is 14.6. The van der Waals surface area contributed by atoms with E-state index in [0.29, 0.717) is 18.9 Å². The lowest BCUT2D eigenvalue weighted by Gasteiger charge is -2.32. The molecule has 0 aliphatic heterocycles. The van der Waals surface area contributed by atoms with Gasteiger partial charge in [-0.05, 0) is 23.6 Å². The van der Waals surface area contributed by atoms with Gasteiger partial charge in [-0.1, -0.05) is 91.0 Å². The summed E-state index contributed by atoms with van der Waals surface area (Å²) in [6.45, 7) is 2.96. The molecule has 3 aromatic carbocycles. The van der Waals surface area contributed by atoms with Gasteiger partial charge in [0.05, 0.1) is 50.7 Å². The highest BCUT2D eigenvalue weighted by Gasteiger charge is 2.35. The van der Waals surface area contributed by atoms with E-state index in [1.807, 2.05) is 97.9 Å². The van der Waals surface area contributed by atoms with Gasteiger partial charge in [-0.2, -0.15) is 0 Å². The number of imidazole rings is 1. The monoisotopic (exact) mass is 516 g/mol. The molecule has 0 spiro atoms. The first-order chi connectivity index (χ1) is 18.6. The Morgan fingerprint density at radius 1 is 0.737 bits per heavy atom. The molecule has 38 heavy (non-hydrogen) atoms. The lowest BCUT2D eigenvalue weighted by Crippen LogP contribution is -2.40. The normalized spacial score (nSPS) is 14.6. The van der Waals surface area contributed by atoms with Crippen LogP contribution in [0.2, 0.25) is 0 Å². The van der Waals surface area contributed by atoms with Crippen LogP contribution in [0.25, 0.3) is 0 Å². The fourth-order valence-electron chi connectivity index (χ4n) is 4.29. The van der Waals surface area contributed by atoms with Crippen LogP contribution in [0.4, 0.5) is 0 Å². The van der Waals surface area contributed by atoms with E-state index in [1.165, 1.54) is 0 Å². The Labute approximate surface area is 224 Å². The lowest BCUT2D eigenvalue weighted by atomic mass is 9.98. The summed E-state index contributed by atoms with van der Waals surface area (Å²) < 4.78 is 18.4. The topological polar surface area (TPSA) is 96.8 Å². The predicted molar refractivity (Wildman–Crippen MR) is 145 cm³/mol. The summed E-state index contributed by atoms with van der Waals surface area (Å²) in [6, 6.07) is 29.4. The zero-order valence-corrected chi connectivity index (χ0v) is 21.6. The van der Waals surface area contributed by atoms with E-state index in [2.05, 4.69) is 9.97 Å². The number of aromatic nitrogens is 2. The smallest absolute Gasteiger partial charge is 0.126 e. The van der Waals surface area contributed by atoms with Crippen molar-refractivity contribution in [1.82, 2.24) is 9.97 Å². The van der Waals surface area contributed by atoms with Crippen LogP contribution >= 0.6 is 0 Å². The molecular formula is C31H36N2O5. The predicted octanol–water partition coefficient (Wildman–Crippen LogP) is 4.89. The third kappa shape index (κ3) is 8.34. The second-order valence-corrected chi connectivity index (χ2v) is 9.34. The first-order valence-electron chi connectivity index (χ1n) is 12.9. The summed E-state index contributed by atoms with van der Waals surface area (Å²) in [5, 5.41) is 22.4. The summed E-state index contributed by atoms with van der Waals surface area (Å²) in [7, 11) is 0. The van der Waals surface area contributed by atoms with Crippen molar-refractivity contribution in [1.29, 1.82) is 0 Å². The Bertz CT molecular complexity index is 1190. The van der Waals surface area contributed by atoms with Crippen molar-refractivity contribution in [3.8, 4) is 0 Å². The third-order valence-corrected chi connectivity index (χ3v) is 6.35. The fraction of sp³-hybridized carbons (Fsp3) is 0.323. The minimum absolute atomic E-state index is 0.128. The third-order valence-electron chi connectivity index (χ3n) is 6.35. The van der Waals surface area contributed by atoms with Crippen molar-refractivity contribution in [2.45, 2.75) is 57.6 Å². The van der Waals surface area contributed by atoms with E-state index < -0.39 is 24.4 Å². The average molecular weight is 517 g/mol. The molecule has 1 aromatic heterocycles. The highest BCUT2D eigenvalue weighted by Crippen LogP contribution is 2.28. The van der Waals surface area contributed by atoms with Crippen LogP contribution in [0, 0.1) is 6.92 Å². The number of nitrogens with zero attached hydrogens (tertiary/aromatic N) is 1. The molecule has 0 aliphatic rings. The minimum Gasteiger partial charge on any atom is -0.391 e. The molecule has 200 valence electrons. The van der Waals surface area contributed by atoms with E-state index >= 15 is 0 Å². The molecule has 0 saturated carbocycles. The second-order valence-electron chi connectivity index (χ2n) is 9.34. The number of benzene rings is 3. The maximum Gasteiger partial charge on any atom is 0.126 e. The van der Waals surface area contributed by atoms with Crippen LogP contribution in [0.15, 0.2) is 97.3 Å². The molecule has 0 aliphatic carbocycles. The molecule has 4 rings (SSSR count). The molecule has 1 heterocycles. The molecule has 7 nitrogen and oxygen atoms in total. The average Bonchev–Trinajstić information content (AvgIpc) is 3.39. The molecule has 0 amide bonds. The molecule has 0 radical (unpaired) electrons. The number of hydrogen-bond donors (Lipinski definition) is 3. The Balaban J connectivity index is 1.50. The van der Waals surface area contributed by atoms with Gasteiger partial charge in [-0.3, -0.25) is 0 Å². The number of aromatic amines is 1. The van der Waals surface area contributed by atoms with Gasteiger partial charge in [0.1, 0.15) is 12.2 Å².